The maximum Gasteiger partial charge on any atom is 0.241 e. The fourth-order valence-corrected chi connectivity index (χ4v) is 5.91. The summed E-state index contributed by atoms with van der Waals surface area (Å²) >= 11 is 6.42. The fourth-order valence-electron chi connectivity index (χ4n) is 5.71. The molecule has 200 valence electrons. The van der Waals surface area contributed by atoms with E-state index in [1.54, 1.807) is 6.20 Å². The second kappa shape index (κ2) is 11.2. The number of hydrogen-bond donors (Lipinski definition) is 2. The Balaban J connectivity index is 1.22. The van der Waals surface area contributed by atoms with E-state index < -0.39 is 6.04 Å². The van der Waals surface area contributed by atoms with Crippen LogP contribution in [0.3, 0.4) is 0 Å². The van der Waals surface area contributed by atoms with Gasteiger partial charge in [0, 0.05) is 35.7 Å². The molecule has 2 aromatic carbocycles. The van der Waals surface area contributed by atoms with Crippen LogP contribution >= 0.6 is 11.6 Å². The Labute approximate surface area is 232 Å². The molecule has 8 nitrogen and oxygen atoms in total. The molecular formula is C30H31ClN6O2. The monoisotopic (exact) mass is 542 g/mol. The number of nitrogens with two attached hydrogens (primary N) is 1. The third kappa shape index (κ3) is 5.53. The minimum Gasteiger partial charge on any atom is -0.474 e. The first-order valence-corrected chi connectivity index (χ1v) is 13.8. The van der Waals surface area contributed by atoms with Gasteiger partial charge in [-0.25, -0.2) is 4.98 Å². The number of aromatic nitrogens is 4. The molecule has 2 aliphatic rings. The maximum absolute atomic E-state index is 13.1. The largest absolute Gasteiger partial charge is 0.474 e. The molecule has 0 bridgehead atoms. The summed E-state index contributed by atoms with van der Waals surface area (Å²) in [5.41, 5.74) is 9.13. The van der Waals surface area contributed by atoms with Gasteiger partial charge in [-0.3, -0.25) is 9.36 Å². The molecule has 0 unspecified atom stereocenters. The lowest BCUT2D eigenvalue weighted by molar-refractivity contribution is -0.123. The molecule has 0 radical (unpaired) electrons. The molecule has 1 saturated carbocycles. The second-order valence-electron chi connectivity index (χ2n) is 10.3. The molecule has 0 saturated heterocycles. The predicted molar refractivity (Wildman–Crippen MR) is 149 cm³/mol. The normalized spacial score (nSPS) is 21.2. The van der Waals surface area contributed by atoms with Crippen molar-refractivity contribution in [3.63, 3.8) is 0 Å². The lowest BCUT2D eigenvalue weighted by Crippen LogP contribution is -2.42. The first-order valence-electron chi connectivity index (χ1n) is 13.5. The van der Waals surface area contributed by atoms with Crippen molar-refractivity contribution in [1.82, 2.24) is 25.1 Å². The van der Waals surface area contributed by atoms with E-state index in [0.717, 1.165) is 54.1 Å². The summed E-state index contributed by atoms with van der Waals surface area (Å²) in [5.74, 6) is 2.50. The molecule has 1 amide bonds. The van der Waals surface area contributed by atoms with Gasteiger partial charge < -0.3 is 15.8 Å². The van der Waals surface area contributed by atoms with E-state index in [0.29, 0.717) is 23.7 Å². The summed E-state index contributed by atoms with van der Waals surface area (Å²) in [6.45, 7) is 0. The van der Waals surface area contributed by atoms with Crippen LogP contribution in [0.1, 0.15) is 60.4 Å². The Hall–Kier alpha value is -3.75. The van der Waals surface area contributed by atoms with E-state index in [-0.39, 0.29) is 24.0 Å². The Bertz CT molecular complexity index is 1440. The van der Waals surface area contributed by atoms with Crippen molar-refractivity contribution in [1.29, 1.82) is 0 Å². The Morgan fingerprint density at radius 3 is 2.56 bits per heavy atom. The number of fused-ring (bicyclic) bond motifs is 3. The molecule has 6 rings (SSSR count). The van der Waals surface area contributed by atoms with Crippen LogP contribution in [0.15, 0.2) is 72.9 Å². The molecule has 1 aliphatic carbocycles. The first-order chi connectivity index (χ1) is 19.0. The van der Waals surface area contributed by atoms with Gasteiger partial charge in [0.05, 0.1) is 5.69 Å². The number of hydrogen-bond acceptors (Lipinski definition) is 6. The highest BCUT2D eigenvalue weighted by Crippen LogP contribution is 2.37. The quantitative estimate of drug-likeness (QED) is 0.365. The first kappa shape index (κ1) is 25.5. The Morgan fingerprint density at radius 2 is 1.79 bits per heavy atom. The third-order valence-corrected chi connectivity index (χ3v) is 7.92. The summed E-state index contributed by atoms with van der Waals surface area (Å²) in [7, 11) is 0. The van der Waals surface area contributed by atoms with Crippen LogP contribution in [0, 0.1) is 0 Å². The van der Waals surface area contributed by atoms with E-state index >= 15 is 0 Å². The van der Waals surface area contributed by atoms with Crippen molar-refractivity contribution in [2.75, 3.05) is 0 Å². The summed E-state index contributed by atoms with van der Waals surface area (Å²) in [5, 5.41) is 13.1. The average Bonchev–Trinajstić information content (AvgIpc) is 3.30. The van der Waals surface area contributed by atoms with Crippen LogP contribution in [0.2, 0.25) is 5.02 Å². The van der Waals surface area contributed by atoms with Gasteiger partial charge in [-0.2, -0.15) is 0 Å². The van der Waals surface area contributed by atoms with Crippen LogP contribution in [0.5, 0.6) is 5.88 Å². The SMILES string of the molecule is N[C@H](C(=O)N[C@@H]1Cc2cc(Cl)ccc2-n2c(nnc2C2CCC(Oc3ccccn3)CC2)C1)c1ccccc1. The van der Waals surface area contributed by atoms with E-state index in [9.17, 15) is 4.79 Å². The molecule has 4 aromatic rings. The maximum atomic E-state index is 13.1. The zero-order valence-corrected chi connectivity index (χ0v) is 22.3. The zero-order valence-electron chi connectivity index (χ0n) is 21.5. The standard InChI is InChI=1S/C30H31ClN6O2/c31-22-11-14-25-21(16-22)17-23(34-30(38)28(32)19-6-2-1-3-7-19)18-26-35-36-29(37(25)26)20-9-12-24(13-10-20)39-27-8-4-5-15-33-27/h1-8,11,14-16,20,23-24,28H,9-10,12-13,17-18,32H2,(H,34,38)/t20?,23-,24?,28+/m1/s1. The number of carbonyl (C=O) groups is 1. The number of carbonyl (C=O) groups excluding carboxylic acids is 1. The number of pyridine rings is 1. The number of amides is 1. The molecule has 2 atom stereocenters. The summed E-state index contributed by atoms with van der Waals surface area (Å²) in [6.07, 6.45) is 6.81. The van der Waals surface area contributed by atoms with Gasteiger partial charge >= 0.3 is 0 Å². The lowest BCUT2D eigenvalue weighted by Gasteiger charge is -2.28. The van der Waals surface area contributed by atoms with Gasteiger partial charge in [0.1, 0.15) is 23.8 Å². The average molecular weight is 543 g/mol. The number of rotatable bonds is 6. The number of nitrogens with zero attached hydrogens (tertiary/aromatic N) is 4. The Morgan fingerprint density at radius 1 is 1.00 bits per heavy atom. The van der Waals surface area contributed by atoms with Crippen molar-refractivity contribution >= 4 is 17.5 Å². The van der Waals surface area contributed by atoms with E-state index in [4.69, 9.17) is 22.1 Å². The molecule has 3 heterocycles. The van der Waals surface area contributed by atoms with Crippen LogP contribution in [0.4, 0.5) is 0 Å². The van der Waals surface area contributed by atoms with Crippen molar-refractivity contribution in [2.45, 2.75) is 62.6 Å². The van der Waals surface area contributed by atoms with Gasteiger partial charge in [-0.15, -0.1) is 10.2 Å². The predicted octanol–water partition coefficient (Wildman–Crippen LogP) is 4.70. The molecular weight excluding hydrogens is 512 g/mol. The zero-order chi connectivity index (χ0) is 26.8. The van der Waals surface area contributed by atoms with Crippen LogP contribution in [-0.2, 0) is 17.6 Å². The fraction of sp³-hybridized carbons (Fsp3) is 0.333. The molecule has 0 spiro atoms. The summed E-state index contributed by atoms with van der Waals surface area (Å²) in [6, 6.07) is 20.1. The van der Waals surface area contributed by atoms with Crippen molar-refractivity contribution in [2.24, 2.45) is 5.73 Å². The van der Waals surface area contributed by atoms with Crippen molar-refractivity contribution in [3.8, 4) is 11.6 Å². The van der Waals surface area contributed by atoms with E-state index in [1.165, 1.54) is 0 Å². The molecule has 3 N–H and O–H groups in total. The highest BCUT2D eigenvalue weighted by molar-refractivity contribution is 6.30. The highest BCUT2D eigenvalue weighted by Gasteiger charge is 2.32. The van der Waals surface area contributed by atoms with Crippen LogP contribution in [0.25, 0.3) is 5.69 Å². The molecule has 1 aliphatic heterocycles. The Kier molecular flexibility index (Phi) is 7.30. The van der Waals surface area contributed by atoms with Gasteiger partial charge in [-0.05, 0) is 67.5 Å². The van der Waals surface area contributed by atoms with Crippen molar-refractivity contribution < 1.29 is 9.53 Å². The van der Waals surface area contributed by atoms with Crippen molar-refractivity contribution in [3.05, 3.63) is 101 Å². The number of ether oxygens (including phenoxy) is 1. The number of nitrogens with one attached hydrogen (secondary N) is 1. The lowest BCUT2D eigenvalue weighted by atomic mass is 9.86. The third-order valence-electron chi connectivity index (χ3n) is 7.68. The van der Waals surface area contributed by atoms with Gasteiger partial charge in [0.15, 0.2) is 0 Å². The molecule has 9 heteroatoms. The van der Waals surface area contributed by atoms with E-state index in [2.05, 4.69) is 25.1 Å². The highest BCUT2D eigenvalue weighted by atomic mass is 35.5. The summed E-state index contributed by atoms with van der Waals surface area (Å²) < 4.78 is 8.29. The molecule has 2 aromatic heterocycles. The van der Waals surface area contributed by atoms with Gasteiger partial charge in [0.2, 0.25) is 11.8 Å². The number of halogens is 1. The minimum absolute atomic E-state index is 0.141. The van der Waals surface area contributed by atoms with Crippen LogP contribution < -0.4 is 15.8 Å². The van der Waals surface area contributed by atoms with Gasteiger partial charge in [-0.1, -0.05) is 48.0 Å². The minimum atomic E-state index is -0.745. The summed E-state index contributed by atoms with van der Waals surface area (Å²) in [4.78, 5) is 17.4. The molecule has 1 fully saturated rings. The van der Waals surface area contributed by atoms with Gasteiger partial charge in [0.25, 0.3) is 0 Å². The number of benzene rings is 2. The van der Waals surface area contributed by atoms with Crippen LogP contribution in [-0.4, -0.2) is 37.8 Å². The smallest absolute Gasteiger partial charge is 0.241 e. The topological polar surface area (TPSA) is 108 Å². The second-order valence-corrected chi connectivity index (χ2v) is 10.8. The molecule has 39 heavy (non-hydrogen) atoms. The van der Waals surface area contributed by atoms with E-state index in [1.807, 2.05) is 66.7 Å².